The fourth-order valence-corrected chi connectivity index (χ4v) is 2.10. The van der Waals surface area contributed by atoms with Crippen LogP contribution in [0.2, 0.25) is 10.0 Å². The highest BCUT2D eigenvalue weighted by Gasteiger charge is 2.23. The van der Waals surface area contributed by atoms with Crippen molar-refractivity contribution < 1.29 is 4.74 Å². The van der Waals surface area contributed by atoms with Gasteiger partial charge in [0.25, 0.3) is 0 Å². The fraction of sp³-hybridized carbons (Fsp3) is 0.0769. The number of halogens is 2. The Kier molecular flexibility index (Phi) is 2.61. The number of rotatable bonds is 1. The van der Waals surface area contributed by atoms with Crippen molar-refractivity contribution >= 4 is 28.9 Å². The summed E-state index contributed by atoms with van der Waals surface area (Å²) >= 11 is 11.8. The molecule has 1 heterocycles. The van der Waals surface area contributed by atoms with Crippen LogP contribution in [-0.2, 0) is 0 Å². The van der Waals surface area contributed by atoms with Gasteiger partial charge in [-0.05, 0) is 30.3 Å². The van der Waals surface area contributed by atoms with Gasteiger partial charge in [0.05, 0.1) is 5.69 Å². The van der Waals surface area contributed by atoms with E-state index in [-0.39, 0.29) is 6.23 Å². The van der Waals surface area contributed by atoms with Crippen LogP contribution in [0.1, 0.15) is 11.8 Å². The maximum Gasteiger partial charge on any atom is 0.196 e. The molecule has 2 aromatic rings. The van der Waals surface area contributed by atoms with Crippen LogP contribution in [0.3, 0.4) is 0 Å². The van der Waals surface area contributed by atoms with Crippen LogP contribution in [-0.4, -0.2) is 0 Å². The minimum atomic E-state index is -0.180. The van der Waals surface area contributed by atoms with Crippen LogP contribution in [0.15, 0.2) is 42.5 Å². The molecule has 1 aliphatic heterocycles. The van der Waals surface area contributed by atoms with E-state index in [1.165, 1.54) is 0 Å². The quantitative estimate of drug-likeness (QED) is 0.820. The zero-order valence-corrected chi connectivity index (χ0v) is 10.3. The number of hydrogen-bond acceptors (Lipinski definition) is 2. The third kappa shape index (κ3) is 2.06. The van der Waals surface area contributed by atoms with E-state index >= 15 is 0 Å². The van der Waals surface area contributed by atoms with E-state index in [1.54, 1.807) is 0 Å². The van der Waals surface area contributed by atoms with Crippen molar-refractivity contribution in [2.24, 2.45) is 0 Å². The Hall–Kier alpha value is -1.38. The summed E-state index contributed by atoms with van der Waals surface area (Å²) in [6.45, 7) is 0. The minimum Gasteiger partial charge on any atom is -0.464 e. The lowest BCUT2D eigenvalue weighted by Crippen LogP contribution is -2.09. The number of anilines is 1. The summed E-state index contributed by atoms with van der Waals surface area (Å²) in [4.78, 5) is 0. The van der Waals surface area contributed by atoms with Crippen LogP contribution in [0.4, 0.5) is 5.69 Å². The lowest BCUT2D eigenvalue weighted by atomic mass is 10.2. The molecule has 17 heavy (non-hydrogen) atoms. The first-order chi connectivity index (χ1) is 8.22. The highest BCUT2D eigenvalue weighted by Crippen LogP contribution is 2.39. The topological polar surface area (TPSA) is 21.3 Å². The first kappa shape index (κ1) is 10.8. The molecule has 2 nitrogen and oxygen atoms in total. The van der Waals surface area contributed by atoms with Crippen LogP contribution >= 0.6 is 23.2 Å². The van der Waals surface area contributed by atoms with Gasteiger partial charge in [0.2, 0.25) is 0 Å². The van der Waals surface area contributed by atoms with Crippen LogP contribution in [0.25, 0.3) is 0 Å². The number of fused-ring (bicyclic) bond motifs is 1. The Morgan fingerprint density at radius 2 is 1.65 bits per heavy atom. The van der Waals surface area contributed by atoms with Crippen molar-refractivity contribution in [1.82, 2.24) is 0 Å². The number of nitrogens with one attached hydrogen (secondary N) is 1. The van der Waals surface area contributed by atoms with Gasteiger partial charge >= 0.3 is 0 Å². The average molecular weight is 266 g/mol. The molecule has 0 saturated carbocycles. The van der Waals surface area contributed by atoms with Gasteiger partial charge in [-0.1, -0.05) is 35.3 Å². The van der Waals surface area contributed by atoms with Gasteiger partial charge in [0.1, 0.15) is 5.75 Å². The summed E-state index contributed by atoms with van der Waals surface area (Å²) in [6.07, 6.45) is -0.180. The highest BCUT2D eigenvalue weighted by molar-refractivity contribution is 6.31. The van der Waals surface area contributed by atoms with Gasteiger partial charge in [0.15, 0.2) is 6.23 Å². The van der Waals surface area contributed by atoms with Crippen molar-refractivity contribution in [2.45, 2.75) is 6.23 Å². The number of ether oxygens (including phenoxy) is 1. The van der Waals surface area contributed by atoms with Crippen LogP contribution in [0, 0.1) is 0 Å². The van der Waals surface area contributed by atoms with Crippen molar-refractivity contribution in [3.8, 4) is 5.75 Å². The predicted octanol–water partition coefficient (Wildman–Crippen LogP) is 4.50. The maximum atomic E-state index is 5.92. The van der Waals surface area contributed by atoms with E-state index in [9.17, 15) is 0 Å². The number of benzene rings is 2. The Balaban J connectivity index is 1.88. The standard InChI is InChI=1S/C13H9Cl2NO/c14-9-3-1-8(2-4-9)13-16-11-7-10(15)5-6-12(11)17-13/h1-7,13,16H. The van der Waals surface area contributed by atoms with Crippen LogP contribution in [0.5, 0.6) is 5.75 Å². The highest BCUT2D eigenvalue weighted by atomic mass is 35.5. The molecule has 0 aromatic heterocycles. The Morgan fingerprint density at radius 3 is 2.41 bits per heavy atom. The van der Waals surface area contributed by atoms with E-state index in [2.05, 4.69) is 5.32 Å². The van der Waals surface area contributed by atoms with E-state index < -0.39 is 0 Å². The molecule has 2 aromatic carbocycles. The summed E-state index contributed by atoms with van der Waals surface area (Å²) < 4.78 is 5.77. The van der Waals surface area contributed by atoms with Crippen molar-refractivity contribution in [3.05, 3.63) is 58.1 Å². The first-order valence-corrected chi connectivity index (χ1v) is 5.96. The fourth-order valence-electron chi connectivity index (χ4n) is 1.80. The Bertz CT molecular complexity index is 554. The molecule has 1 unspecified atom stereocenters. The molecule has 0 saturated heterocycles. The zero-order chi connectivity index (χ0) is 11.8. The zero-order valence-electron chi connectivity index (χ0n) is 8.78. The predicted molar refractivity (Wildman–Crippen MR) is 69.9 cm³/mol. The summed E-state index contributed by atoms with van der Waals surface area (Å²) in [5.41, 5.74) is 1.94. The molecular weight excluding hydrogens is 257 g/mol. The van der Waals surface area contributed by atoms with Crippen molar-refractivity contribution in [2.75, 3.05) is 5.32 Å². The molecule has 1 N–H and O–H groups in total. The van der Waals surface area contributed by atoms with E-state index in [0.717, 1.165) is 17.0 Å². The molecule has 0 aliphatic carbocycles. The molecule has 0 fully saturated rings. The Labute approximate surface area is 109 Å². The first-order valence-electron chi connectivity index (χ1n) is 5.20. The summed E-state index contributed by atoms with van der Waals surface area (Å²) in [5, 5.41) is 4.67. The molecule has 1 aliphatic rings. The van der Waals surface area contributed by atoms with Gasteiger partial charge in [-0.2, -0.15) is 0 Å². The molecule has 4 heteroatoms. The molecular formula is C13H9Cl2NO. The van der Waals surface area contributed by atoms with Gasteiger partial charge in [-0.3, -0.25) is 0 Å². The molecule has 0 radical (unpaired) electrons. The normalized spacial score (nSPS) is 17.2. The third-order valence-corrected chi connectivity index (χ3v) is 3.13. The van der Waals surface area contributed by atoms with E-state index in [1.807, 2.05) is 42.5 Å². The Morgan fingerprint density at radius 1 is 0.941 bits per heavy atom. The average Bonchev–Trinajstić information content (AvgIpc) is 2.72. The summed E-state index contributed by atoms with van der Waals surface area (Å²) in [6, 6.07) is 13.1. The lowest BCUT2D eigenvalue weighted by molar-refractivity contribution is 0.260. The monoisotopic (exact) mass is 265 g/mol. The van der Waals surface area contributed by atoms with E-state index in [4.69, 9.17) is 27.9 Å². The second-order valence-corrected chi connectivity index (χ2v) is 4.71. The largest absolute Gasteiger partial charge is 0.464 e. The second kappa shape index (κ2) is 4.13. The van der Waals surface area contributed by atoms with Gasteiger partial charge in [-0.25, -0.2) is 0 Å². The van der Waals surface area contributed by atoms with Crippen molar-refractivity contribution in [1.29, 1.82) is 0 Å². The van der Waals surface area contributed by atoms with Gasteiger partial charge in [0, 0.05) is 15.6 Å². The van der Waals surface area contributed by atoms with Crippen molar-refractivity contribution in [3.63, 3.8) is 0 Å². The molecule has 1 atom stereocenters. The lowest BCUT2D eigenvalue weighted by Gasteiger charge is -2.11. The molecule has 0 bridgehead atoms. The molecule has 3 rings (SSSR count). The minimum absolute atomic E-state index is 0.180. The van der Waals surface area contributed by atoms with Crippen LogP contribution < -0.4 is 10.1 Å². The number of hydrogen-bond donors (Lipinski definition) is 1. The van der Waals surface area contributed by atoms with Gasteiger partial charge < -0.3 is 10.1 Å². The molecule has 0 spiro atoms. The summed E-state index contributed by atoms with van der Waals surface area (Å²) in [5.74, 6) is 0.814. The molecule has 86 valence electrons. The smallest absolute Gasteiger partial charge is 0.196 e. The third-order valence-electron chi connectivity index (χ3n) is 2.65. The van der Waals surface area contributed by atoms with Gasteiger partial charge in [-0.15, -0.1) is 0 Å². The second-order valence-electron chi connectivity index (χ2n) is 3.83. The van der Waals surface area contributed by atoms with E-state index in [0.29, 0.717) is 10.0 Å². The maximum absolute atomic E-state index is 5.92. The summed E-state index contributed by atoms with van der Waals surface area (Å²) in [7, 11) is 0. The SMILES string of the molecule is Clc1ccc(C2Nc3cc(Cl)ccc3O2)cc1. The molecule has 0 amide bonds.